The Bertz CT molecular complexity index is 780. The molecule has 0 bridgehead atoms. The highest BCUT2D eigenvalue weighted by Gasteiger charge is 2.26. The Morgan fingerprint density at radius 2 is 1.29 bits per heavy atom. The standard InChI is InChI=1S/C21H24N2O5/c24-19(25)11-12-22-20(26)17(13-15-7-3-1-4-8-15)23-18(21(27)28)14-16-9-5-2-6-10-16/h1-10,17-18,23H,11-14H2,(H,22,26)(H,24,25)(H,27,28)/t17-,18-/m1/s1. The fraction of sp³-hybridized carbons (Fsp3) is 0.286. The van der Waals surface area contributed by atoms with Gasteiger partial charge in [0, 0.05) is 6.54 Å². The number of amides is 1. The first-order chi connectivity index (χ1) is 13.5. The van der Waals surface area contributed by atoms with Gasteiger partial charge in [-0.25, -0.2) is 0 Å². The predicted octanol–water partition coefficient (Wildman–Crippen LogP) is 1.47. The summed E-state index contributed by atoms with van der Waals surface area (Å²) >= 11 is 0. The summed E-state index contributed by atoms with van der Waals surface area (Å²) in [6, 6.07) is 16.6. The van der Waals surface area contributed by atoms with Crippen LogP contribution in [0.2, 0.25) is 0 Å². The maximum Gasteiger partial charge on any atom is 0.321 e. The van der Waals surface area contributed by atoms with Crippen molar-refractivity contribution < 1.29 is 24.6 Å². The molecular weight excluding hydrogens is 360 g/mol. The van der Waals surface area contributed by atoms with Crippen molar-refractivity contribution in [2.45, 2.75) is 31.3 Å². The first-order valence-electron chi connectivity index (χ1n) is 9.02. The SMILES string of the molecule is O=C(O)CCNC(=O)[C@@H](Cc1ccccc1)N[C@H](Cc1ccccc1)C(=O)O. The molecule has 0 saturated heterocycles. The smallest absolute Gasteiger partial charge is 0.321 e. The van der Waals surface area contributed by atoms with Crippen molar-refractivity contribution in [3.05, 3.63) is 71.8 Å². The summed E-state index contributed by atoms with van der Waals surface area (Å²) in [6.07, 6.45) is 0.318. The molecule has 4 N–H and O–H groups in total. The fourth-order valence-electron chi connectivity index (χ4n) is 2.80. The second-order valence-corrected chi connectivity index (χ2v) is 6.42. The van der Waals surface area contributed by atoms with Crippen molar-refractivity contribution in [1.29, 1.82) is 0 Å². The van der Waals surface area contributed by atoms with Gasteiger partial charge in [-0.1, -0.05) is 60.7 Å². The molecule has 0 aromatic heterocycles. The minimum atomic E-state index is -1.06. The van der Waals surface area contributed by atoms with Crippen molar-refractivity contribution in [1.82, 2.24) is 10.6 Å². The number of carboxylic acid groups (broad SMARTS) is 2. The first kappa shape index (κ1) is 21.1. The Labute approximate surface area is 163 Å². The van der Waals surface area contributed by atoms with Crippen LogP contribution >= 0.6 is 0 Å². The topological polar surface area (TPSA) is 116 Å². The molecule has 7 nitrogen and oxygen atoms in total. The van der Waals surface area contributed by atoms with Crippen LogP contribution in [0.5, 0.6) is 0 Å². The summed E-state index contributed by atoms with van der Waals surface area (Å²) in [5.74, 6) is -2.50. The van der Waals surface area contributed by atoms with Crippen LogP contribution in [0.4, 0.5) is 0 Å². The van der Waals surface area contributed by atoms with E-state index in [0.29, 0.717) is 0 Å². The van der Waals surface area contributed by atoms with E-state index < -0.39 is 29.9 Å². The lowest BCUT2D eigenvalue weighted by atomic mass is 10.0. The highest BCUT2D eigenvalue weighted by atomic mass is 16.4. The monoisotopic (exact) mass is 384 g/mol. The Hall–Kier alpha value is -3.19. The lowest BCUT2D eigenvalue weighted by Gasteiger charge is -2.23. The number of carbonyl (C=O) groups excluding carboxylic acids is 1. The highest BCUT2D eigenvalue weighted by Crippen LogP contribution is 2.08. The van der Waals surface area contributed by atoms with Gasteiger partial charge in [-0.05, 0) is 24.0 Å². The largest absolute Gasteiger partial charge is 0.481 e. The second kappa shape index (κ2) is 10.8. The lowest BCUT2D eigenvalue weighted by molar-refractivity contribution is -0.140. The van der Waals surface area contributed by atoms with Crippen molar-refractivity contribution in [2.75, 3.05) is 6.54 Å². The molecule has 148 valence electrons. The predicted molar refractivity (Wildman–Crippen MR) is 104 cm³/mol. The number of rotatable bonds is 11. The van der Waals surface area contributed by atoms with Gasteiger partial charge in [-0.2, -0.15) is 0 Å². The molecule has 7 heteroatoms. The van der Waals surface area contributed by atoms with Crippen molar-refractivity contribution in [3.8, 4) is 0 Å². The molecule has 0 saturated carbocycles. The van der Waals surface area contributed by atoms with Gasteiger partial charge >= 0.3 is 11.9 Å². The second-order valence-electron chi connectivity index (χ2n) is 6.42. The van der Waals surface area contributed by atoms with Crippen LogP contribution in [0.15, 0.2) is 60.7 Å². The van der Waals surface area contributed by atoms with Crippen LogP contribution in [-0.4, -0.2) is 46.7 Å². The first-order valence-corrected chi connectivity index (χ1v) is 9.02. The average Bonchev–Trinajstić information content (AvgIpc) is 2.68. The molecule has 0 unspecified atom stereocenters. The Balaban J connectivity index is 2.11. The maximum atomic E-state index is 12.6. The van der Waals surface area contributed by atoms with E-state index in [2.05, 4.69) is 10.6 Å². The van der Waals surface area contributed by atoms with E-state index in [4.69, 9.17) is 5.11 Å². The number of aliphatic carboxylic acids is 2. The van der Waals surface area contributed by atoms with Gasteiger partial charge in [-0.15, -0.1) is 0 Å². The van der Waals surface area contributed by atoms with E-state index in [1.165, 1.54) is 0 Å². The van der Waals surface area contributed by atoms with Gasteiger partial charge in [0.25, 0.3) is 0 Å². The molecular formula is C21H24N2O5. The number of hydrogen-bond donors (Lipinski definition) is 4. The Kier molecular flexibility index (Phi) is 8.17. The summed E-state index contributed by atoms with van der Waals surface area (Å²) < 4.78 is 0. The van der Waals surface area contributed by atoms with Gasteiger partial charge in [0.15, 0.2) is 0 Å². The summed E-state index contributed by atoms with van der Waals surface area (Å²) in [5, 5.41) is 23.8. The number of nitrogens with one attached hydrogen (secondary N) is 2. The summed E-state index contributed by atoms with van der Waals surface area (Å²) in [6.45, 7) is -0.0163. The zero-order valence-electron chi connectivity index (χ0n) is 15.4. The third-order valence-electron chi connectivity index (χ3n) is 4.22. The van der Waals surface area contributed by atoms with Crippen LogP contribution in [0, 0.1) is 0 Å². The lowest BCUT2D eigenvalue weighted by Crippen LogP contribution is -2.53. The number of benzene rings is 2. The van der Waals surface area contributed by atoms with Crippen LogP contribution in [-0.2, 0) is 27.2 Å². The summed E-state index contributed by atoms with van der Waals surface area (Å²) in [7, 11) is 0. The molecule has 0 aliphatic heterocycles. The maximum absolute atomic E-state index is 12.6. The molecule has 0 aliphatic rings. The van der Waals surface area contributed by atoms with Crippen molar-refractivity contribution in [3.63, 3.8) is 0 Å². The molecule has 2 atom stereocenters. The third kappa shape index (κ3) is 7.20. The zero-order valence-corrected chi connectivity index (χ0v) is 15.4. The van der Waals surface area contributed by atoms with Crippen molar-refractivity contribution >= 4 is 17.8 Å². The molecule has 1 amide bonds. The number of hydrogen-bond acceptors (Lipinski definition) is 4. The van der Waals surface area contributed by atoms with Gasteiger partial charge in [0.1, 0.15) is 6.04 Å². The number of carbonyl (C=O) groups is 3. The fourth-order valence-corrected chi connectivity index (χ4v) is 2.80. The molecule has 2 rings (SSSR count). The van der Waals surface area contributed by atoms with Gasteiger partial charge in [-0.3, -0.25) is 19.7 Å². The molecule has 0 heterocycles. The Morgan fingerprint density at radius 1 is 0.786 bits per heavy atom. The summed E-state index contributed by atoms with van der Waals surface area (Å²) in [5.41, 5.74) is 1.71. The van der Waals surface area contributed by atoms with Gasteiger partial charge in [0.05, 0.1) is 12.5 Å². The Morgan fingerprint density at radius 3 is 1.75 bits per heavy atom. The molecule has 2 aromatic carbocycles. The quantitative estimate of drug-likeness (QED) is 0.466. The molecule has 0 aliphatic carbocycles. The van der Waals surface area contributed by atoms with E-state index in [1.807, 2.05) is 60.7 Å². The van der Waals surface area contributed by atoms with Crippen LogP contribution in [0.25, 0.3) is 0 Å². The van der Waals surface area contributed by atoms with E-state index in [0.717, 1.165) is 11.1 Å². The minimum absolute atomic E-state index is 0.0163. The average molecular weight is 384 g/mol. The van der Waals surface area contributed by atoms with E-state index >= 15 is 0 Å². The van der Waals surface area contributed by atoms with Gasteiger partial charge < -0.3 is 15.5 Å². The molecule has 28 heavy (non-hydrogen) atoms. The molecule has 2 aromatic rings. The van der Waals surface area contributed by atoms with E-state index in [-0.39, 0.29) is 25.8 Å². The van der Waals surface area contributed by atoms with Crippen LogP contribution < -0.4 is 10.6 Å². The highest BCUT2D eigenvalue weighted by molar-refractivity contribution is 5.84. The van der Waals surface area contributed by atoms with Crippen molar-refractivity contribution in [2.24, 2.45) is 0 Å². The van der Waals surface area contributed by atoms with E-state index in [1.54, 1.807) is 0 Å². The normalized spacial score (nSPS) is 12.7. The molecule has 0 fully saturated rings. The summed E-state index contributed by atoms with van der Waals surface area (Å²) in [4.78, 5) is 35.0. The van der Waals surface area contributed by atoms with Gasteiger partial charge in [0.2, 0.25) is 5.91 Å². The van der Waals surface area contributed by atoms with Crippen LogP contribution in [0.1, 0.15) is 17.5 Å². The van der Waals surface area contributed by atoms with E-state index in [9.17, 15) is 19.5 Å². The van der Waals surface area contributed by atoms with Crippen LogP contribution in [0.3, 0.4) is 0 Å². The molecule has 0 spiro atoms. The number of carboxylic acids is 2. The molecule has 0 radical (unpaired) electrons. The zero-order chi connectivity index (χ0) is 20.4. The third-order valence-corrected chi connectivity index (χ3v) is 4.22. The minimum Gasteiger partial charge on any atom is -0.481 e.